The Morgan fingerprint density at radius 3 is 2.35 bits per heavy atom. The van der Waals surface area contributed by atoms with Crippen molar-refractivity contribution in [3.63, 3.8) is 0 Å². The second-order valence-electron chi connectivity index (χ2n) is 4.77. The van der Waals surface area contributed by atoms with Crippen molar-refractivity contribution in [3.8, 4) is 11.4 Å². The Bertz CT molecular complexity index is 910. The molecule has 1 aromatic heterocycles. The van der Waals surface area contributed by atoms with Crippen molar-refractivity contribution < 1.29 is 5.11 Å². The van der Waals surface area contributed by atoms with E-state index in [1.54, 1.807) is 12.3 Å². The summed E-state index contributed by atoms with van der Waals surface area (Å²) in [7, 11) is 0. The van der Waals surface area contributed by atoms with Gasteiger partial charge in [0.1, 0.15) is 5.75 Å². The van der Waals surface area contributed by atoms with Gasteiger partial charge in [-0.25, -0.2) is 4.68 Å². The van der Waals surface area contributed by atoms with Crippen molar-refractivity contribution >= 4 is 21.7 Å². The lowest BCUT2D eigenvalue weighted by Gasteiger charge is -2.07. The van der Waals surface area contributed by atoms with E-state index in [0.717, 1.165) is 27.4 Å². The van der Waals surface area contributed by atoms with Crippen LogP contribution in [0, 0.1) is 0 Å². The molecule has 20 heavy (non-hydrogen) atoms. The third kappa shape index (κ3) is 1.50. The monoisotopic (exact) mass is 260 g/mol. The number of aromatic hydroxyl groups is 1. The average molecular weight is 260 g/mol. The summed E-state index contributed by atoms with van der Waals surface area (Å²) in [5.41, 5.74) is 2.03. The highest BCUT2D eigenvalue weighted by molar-refractivity contribution is 6.08. The van der Waals surface area contributed by atoms with Crippen LogP contribution in [0.5, 0.6) is 5.75 Å². The van der Waals surface area contributed by atoms with Crippen LogP contribution in [0.1, 0.15) is 0 Å². The first kappa shape index (κ1) is 11.1. The number of para-hydroxylation sites is 1. The Morgan fingerprint density at radius 1 is 0.850 bits per heavy atom. The third-order valence-electron chi connectivity index (χ3n) is 3.55. The summed E-state index contributed by atoms with van der Waals surface area (Å²) in [4.78, 5) is 0. The van der Waals surface area contributed by atoms with Crippen molar-refractivity contribution in [2.45, 2.75) is 0 Å². The molecule has 3 aromatic carbocycles. The maximum absolute atomic E-state index is 10.1. The summed E-state index contributed by atoms with van der Waals surface area (Å²) in [6.45, 7) is 0. The predicted molar refractivity (Wildman–Crippen MR) is 80.2 cm³/mol. The van der Waals surface area contributed by atoms with Crippen LogP contribution in [0.4, 0.5) is 0 Å². The quantitative estimate of drug-likeness (QED) is 0.564. The van der Waals surface area contributed by atoms with Gasteiger partial charge in [0, 0.05) is 16.2 Å². The van der Waals surface area contributed by atoms with E-state index in [0.29, 0.717) is 5.75 Å². The van der Waals surface area contributed by atoms with Crippen molar-refractivity contribution in [2.24, 2.45) is 0 Å². The number of phenolic OH excluding ortho intramolecular Hbond substituents is 1. The van der Waals surface area contributed by atoms with E-state index in [1.165, 1.54) is 0 Å². The minimum absolute atomic E-state index is 0.292. The van der Waals surface area contributed by atoms with E-state index < -0.39 is 0 Å². The predicted octanol–water partition coefficient (Wildman–Crippen LogP) is 3.88. The molecule has 0 aliphatic carbocycles. The molecule has 3 heteroatoms. The van der Waals surface area contributed by atoms with Gasteiger partial charge in [0.05, 0.1) is 17.4 Å². The topological polar surface area (TPSA) is 38.1 Å². The highest BCUT2D eigenvalue weighted by atomic mass is 16.3. The molecule has 0 radical (unpaired) electrons. The van der Waals surface area contributed by atoms with Crippen LogP contribution >= 0.6 is 0 Å². The lowest BCUT2D eigenvalue weighted by atomic mass is 10.1. The van der Waals surface area contributed by atoms with Gasteiger partial charge >= 0.3 is 0 Å². The van der Waals surface area contributed by atoms with Gasteiger partial charge in [0.25, 0.3) is 0 Å². The first-order valence-corrected chi connectivity index (χ1v) is 6.48. The minimum atomic E-state index is 0.292. The number of hydrogen-bond acceptors (Lipinski definition) is 2. The summed E-state index contributed by atoms with van der Waals surface area (Å²) >= 11 is 0. The van der Waals surface area contributed by atoms with Crippen LogP contribution in [0.25, 0.3) is 27.4 Å². The Morgan fingerprint density at radius 2 is 1.55 bits per heavy atom. The molecule has 0 saturated carbocycles. The molecule has 0 amide bonds. The van der Waals surface area contributed by atoms with Gasteiger partial charge in [-0.3, -0.25) is 0 Å². The smallest absolute Gasteiger partial charge is 0.124 e. The first-order valence-electron chi connectivity index (χ1n) is 6.48. The van der Waals surface area contributed by atoms with E-state index in [9.17, 15) is 5.11 Å². The summed E-state index contributed by atoms with van der Waals surface area (Å²) < 4.78 is 1.91. The molecule has 96 valence electrons. The molecule has 0 unspecified atom stereocenters. The van der Waals surface area contributed by atoms with Crippen LogP contribution in [0.2, 0.25) is 0 Å². The molecule has 0 aliphatic rings. The van der Waals surface area contributed by atoms with Crippen molar-refractivity contribution in [1.29, 1.82) is 0 Å². The number of benzene rings is 3. The van der Waals surface area contributed by atoms with Crippen LogP contribution in [0.3, 0.4) is 0 Å². The van der Waals surface area contributed by atoms with Gasteiger partial charge in [0.15, 0.2) is 0 Å². The number of phenols is 1. The molecule has 0 atom stereocenters. The normalized spacial score (nSPS) is 11.2. The van der Waals surface area contributed by atoms with Crippen LogP contribution in [-0.4, -0.2) is 14.9 Å². The summed E-state index contributed by atoms with van der Waals surface area (Å²) in [5, 5.41) is 17.4. The molecule has 0 spiro atoms. The lowest BCUT2D eigenvalue weighted by Crippen LogP contribution is -1.95. The van der Waals surface area contributed by atoms with Gasteiger partial charge in [-0.1, -0.05) is 42.5 Å². The summed E-state index contributed by atoms with van der Waals surface area (Å²) in [6, 6.07) is 19.6. The second kappa shape index (κ2) is 4.10. The fourth-order valence-electron chi connectivity index (χ4n) is 2.64. The average Bonchev–Trinajstić information content (AvgIpc) is 2.92. The van der Waals surface area contributed by atoms with Gasteiger partial charge in [-0.05, 0) is 18.2 Å². The Balaban J connectivity index is 2.17. The molecule has 4 aromatic rings. The SMILES string of the molecule is Oc1cc2cnn(-c3ccccc3)c2c2ccccc12. The van der Waals surface area contributed by atoms with E-state index >= 15 is 0 Å². The minimum Gasteiger partial charge on any atom is -0.507 e. The summed E-state index contributed by atoms with van der Waals surface area (Å²) in [6.07, 6.45) is 1.79. The molecular formula is C17H12N2O. The Labute approximate surface area is 115 Å². The molecule has 0 bridgehead atoms. The number of rotatable bonds is 1. The van der Waals surface area contributed by atoms with Gasteiger partial charge in [0.2, 0.25) is 0 Å². The zero-order valence-electron chi connectivity index (χ0n) is 10.7. The number of nitrogens with zero attached hydrogens (tertiary/aromatic N) is 2. The zero-order valence-corrected chi connectivity index (χ0v) is 10.7. The largest absolute Gasteiger partial charge is 0.507 e. The fourth-order valence-corrected chi connectivity index (χ4v) is 2.64. The highest BCUT2D eigenvalue weighted by Crippen LogP contribution is 2.33. The van der Waals surface area contributed by atoms with Crippen molar-refractivity contribution in [2.75, 3.05) is 0 Å². The van der Waals surface area contributed by atoms with E-state index in [-0.39, 0.29) is 0 Å². The standard InChI is InChI=1S/C17H12N2O/c20-16-10-12-11-18-19(13-6-2-1-3-7-13)17(12)15-9-5-4-8-14(15)16/h1-11,20H. The molecule has 3 nitrogen and oxygen atoms in total. The fraction of sp³-hybridized carbons (Fsp3) is 0. The van der Waals surface area contributed by atoms with E-state index in [2.05, 4.69) is 5.10 Å². The maximum atomic E-state index is 10.1. The maximum Gasteiger partial charge on any atom is 0.124 e. The zero-order chi connectivity index (χ0) is 13.5. The molecule has 0 aliphatic heterocycles. The summed E-state index contributed by atoms with van der Waals surface area (Å²) in [5.74, 6) is 0.292. The molecule has 0 saturated heterocycles. The van der Waals surface area contributed by atoms with Crippen LogP contribution in [0.15, 0.2) is 66.9 Å². The van der Waals surface area contributed by atoms with Gasteiger partial charge < -0.3 is 5.11 Å². The van der Waals surface area contributed by atoms with Crippen molar-refractivity contribution in [1.82, 2.24) is 9.78 Å². The molecule has 1 N–H and O–H groups in total. The van der Waals surface area contributed by atoms with E-state index in [1.807, 2.05) is 59.3 Å². The lowest BCUT2D eigenvalue weighted by molar-refractivity contribution is 0.482. The first-order chi connectivity index (χ1) is 9.84. The van der Waals surface area contributed by atoms with Crippen LogP contribution in [-0.2, 0) is 0 Å². The molecule has 1 heterocycles. The van der Waals surface area contributed by atoms with Crippen LogP contribution < -0.4 is 0 Å². The molecule has 4 rings (SSSR count). The second-order valence-corrected chi connectivity index (χ2v) is 4.77. The number of hydrogen-bond donors (Lipinski definition) is 1. The highest BCUT2D eigenvalue weighted by Gasteiger charge is 2.11. The van der Waals surface area contributed by atoms with Gasteiger partial charge in [-0.15, -0.1) is 0 Å². The molecular weight excluding hydrogens is 248 g/mol. The Kier molecular flexibility index (Phi) is 2.27. The van der Waals surface area contributed by atoms with Gasteiger partial charge in [-0.2, -0.15) is 5.10 Å². The van der Waals surface area contributed by atoms with E-state index in [4.69, 9.17) is 0 Å². The third-order valence-corrected chi connectivity index (χ3v) is 3.55. The Hall–Kier alpha value is -2.81. The number of aromatic nitrogens is 2. The molecule has 0 fully saturated rings. The van der Waals surface area contributed by atoms with Crippen molar-refractivity contribution in [3.05, 3.63) is 66.9 Å². The number of fused-ring (bicyclic) bond motifs is 3.